The molecule has 29 heavy (non-hydrogen) atoms. The Kier molecular flexibility index (Phi) is 6.69. The Balaban J connectivity index is 2.71. The molecule has 0 atom stereocenters. The molecule has 0 radical (unpaired) electrons. The first kappa shape index (κ1) is 24.4. The Bertz CT molecular complexity index is 1030. The summed E-state index contributed by atoms with van der Waals surface area (Å²) >= 11 is 11.3. The molecule has 0 amide bonds. The summed E-state index contributed by atoms with van der Waals surface area (Å²) in [5, 5.41) is -6.40. The Hall–Kier alpha value is -0.920. The molecule has 0 saturated carbocycles. The number of hydrogen-bond acceptors (Lipinski definition) is 3. The fourth-order valence-electron chi connectivity index (χ4n) is 2.18. The number of pyridine rings is 1. The highest BCUT2D eigenvalue weighted by Crippen LogP contribution is 2.51. The fraction of sp³-hybridized carbons (Fsp3) is 0.267. The maximum atomic E-state index is 14.1. The molecule has 0 aliphatic carbocycles. The van der Waals surface area contributed by atoms with E-state index >= 15 is 0 Å². The number of rotatable bonds is 5. The minimum Gasteiger partial charge on any atom is -0.244 e. The van der Waals surface area contributed by atoms with Crippen molar-refractivity contribution in [1.82, 2.24) is 4.98 Å². The van der Waals surface area contributed by atoms with E-state index in [2.05, 4.69) is 36.8 Å². The summed E-state index contributed by atoms with van der Waals surface area (Å²) in [6, 6.07) is 4.39. The molecule has 3 nitrogen and oxygen atoms in total. The van der Waals surface area contributed by atoms with Gasteiger partial charge < -0.3 is 0 Å². The van der Waals surface area contributed by atoms with E-state index in [-0.39, 0.29) is 19.7 Å². The van der Waals surface area contributed by atoms with Crippen molar-refractivity contribution in [3.8, 4) is 0 Å². The molecule has 0 bridgehead atoms. The van der Waals surface area contributed by atoms with Gasteiger partial charge >= 0.3 is 17.4 Å². The largest absolute Gasteiger partial charge is 0.461 e. The third-order valence-electron chi connectivity index (χ3n) is 3.64. The van der Waals surface area contributed by atoms with Gasteiger partial charge in [-0.15, -0.1) is 0 Å². The van der Waals surface area contributed by atoms with Crippen molar-refractivity contribution in [1.29, 1.82) is 0 Å². The monoisotopic (exact) mass is 591 g/mol. The van der Waals surface area contributed by atoms with Crippen LogP contribution in [-0.4, -0.2) is 30.8 Å². The second-order valence-electron chi connectivity index (χ2n) is 5.62. The van der Waals surface area contributed by atoms with Gasteiger partial charge in [-0.25, -0.2) is 13.4 Å². The third kappa shape index (κ3) is 4.42. The van der Waals surface area contributed by atoms with E-state index in [9.17, 15) is 39.2 Å². The molecule has 1 aromatic heterocycles. The molecule has 0 N–H and O–H groups in total. The average molecular weight is 594 g/mol. The summed E-state index contributed by atoms with van der Waals surface area (Å²) in [7, 11) is -6.49. The Morgan fingerprint density at radius 1 is 1.00 bits per heavy atom. The van der Waals surface area contributed by atoms with Crippen LogP contribution in [0.1, 0.15) is 11.1 Å². The van der Waals surface area contributed by atoms with Crippen LogP contribution in [-0.2, 0) is 16.3 Å². The van der Waals surface area contributed by atoms with Gasteiger partial charge in [0.1, 0.15) is 5.15 Å². The molecule has 0 saturated heterocycles. The van der Waals surface area contributed by atoms with Crippen LogP contribution in [0.3, 0.4) is 0 Å². The molecular formula is C15H7Br2ClF7NO2S. The van der Waals surface area contributed by atoms with Gasteiger partial charge in [-0.1, -0.05) is 49.5 Å². The number of sulfone groups is 1. The smallest absolute Gasteiger partial charge is 0.244 e. The van der Waals surface area contributed by atoms with Crippen LogP contribution in [0, 0.1) is 0 Å². The van der Waals surface area contributed by atoms with E-state index in [1.54, 1.807) is 0 Å². The molecular weight excluding hydrogens is 586 g/mol. The lowest BCUT2D eigenvalue weighted by Gasteiger charge is -2.28. The van der Waals surface area contributed by atoms with Crippen molar-refractivity contribution >= 4 is 53.3 Å². The second-order valence-corrected chi connectivity index (χ2v) is 9.74. The van der Waals surface area contributed by atoms with E-state index < -0.39 is 44.1 Å². The first-order valence-electron chi connectivity index (χ1n) is 7.17. The summed E-state index contributed by atoms with van der Waals surface area (Å²) in [5.41, 5.74) is -0.227. The van der Waals surface area contributed by atoms with E-state index in [0.29, 0.717) is 6.07 Å². The minimum atomic E-state index is -6.83. The van der Waals surface area contributed by atoms with Gasteiger partial charge in [-0.3, -0.25) is 0 Å². The molecule has 2 rings (SSSR count). The summed E-state index contributed by atoms with van der Waals surface area (Å²) in [6.07, 6.45) is -6.07. The number of halogens is 10. The predicted octanol–water partition coefficient (Wildman–Crippen LogP) is 6.41. The molecule has 14 heteroatoms. The number of alkyl halides is 7. The van der Waals surface area contributed by atoms with Crippen molar-refractivity contribution < 1.29 is 39.2 Å². The molecule has 160 valence electrons. The molecule has 1 aromatic carbocycles. The highest BCUT2D eigenvalue weighted by Gasteiger charge is 2.78. The van der Waals surface area contributed by atoms with Crippen molar-refractivity contribution in [2.24, 2.45) is 0 Å². The van der Waals surface area contributed by atoms with Crippen LogP contribution >= 0.6 is 43.5 Å². The number of aromatic nitrogens is 1. The highest BCUT2D eigenvalue weighted by atomic mass is 79.9. The standard InChI is InChI=1S/C15H7Br2ClF7NO2S/c16-8-4-10(17)9(3-7-1-2-12(18)26-6-7)11(5-8)29(27,28)15(24,25)13(19,20)14(21,22)23/h1-2,4-6H,3H2. The first-order valence-corrected chi connectivity index (χ1v) is 10.6. The van der Waals surface area contributed by atoms with Crippen LogP contribution in [0.4, 0.5) is 30.7 Å². The summed E-state index contributed by atoms with van der Waals surface area (Å²) in [4.78, 5) is 2.31. The third-order valence-corrected chi connectivity index (χ3v) is 6.90. The van der Waals surface area contributed by atoms with E-state index in [0.717, 1.165) is 6.20 Å². The van der Waals surface area contributed by atoms with Gasteiger partial charge in [0.2, 0.25) is 0 Å². The Morgan fingerprint density at radius 3 is 2.07 bits per heavy atom. The molecule has 0 spiro atoms. The van der Waals surface area contributed by atoms with E-state index in [4.69, 9.17) is 11.6 Å². The van der Waals surface area contributed by atoms with Crippen LogP contribution < -0.4 is 0 Å². The van der Waals surface area contributed by atoms with Gasteiger partial charge in [-0.2, -0.15) is 30.7 Å². The molecule has 0 fully saturated rings. The lowest BCUT2D eigenvalue weighted by molar-refractivity contribution is -0.332. The van der Waals surface area contributed by atoms with Gasteiger partial charge in [0, 0.05) is 21.6 Å². The maximum absolute atomic E-state index is 14.1. The maximum Gasteiger partial charge on any atom is 0.461 e. The van der Waals surface area contributed by atoms with Crippen LogP contribution in [0.2, 0.25) is 5.15 Å². The van der Waals surface area contributed by atoms with Crippen molar-refractivity contribution in [3.05, 3.63) is 55.7 Å². The zero-order chi connectivity index (χ0) is 22.4. The van der Waals surface area contributed by atoms with Gasteiger partial charge in [-0.05, 0) is 29.3 Å². The van der Waals surface area contributed by atoms with E-state index in [1.165, 1.54) is 18.2 Å². The summed E-state index contributed by atoms with van der Waals surface area (Å²) in [6.45, 7) is 0. The normalized spacial score (nSPS) is 13.6. The SMILES string of the molecule is O=S(=O)(c1cc(Br)cc(Br)c1Cc1ccc(Cl)nc1)C(F)(F)C(F)(F)C(F)(F)F. The topological polar surface area (TPSA) is 47.0 Å². The summed E-state index contributed by atoms with van der Waals surface area (Å²) in [5.74, 6) is -6.83. The minimum absolute atomic E-state index is 0.0628. The Labute approximate surface area is 181 Å². The zero-order valence-corrected chi connectivity index (χ0v) is 18.3. The number of benzene rings is 1. The molecule has 1 heterocycles. The quantitative estimate of drug-likeness (QED) is 0.297. The second kappa shape index (κ2) is 7.97. The summed E-state index contributed by atoms with van der Waals surface area (Å²) < 4.78 is 117. The van der Waals surface area contributed by atoms with Gasteiger partial charge in [0.25, 0.3) is 9.84 Å². The lowest BCUT2D eigenvalue weighted by atomic mass is 10.1. The lowest BCUT2D eigenvalue weighted by Crippen LogP contribution is -2.56. The molecule has 0 unspecified atom stereocenters. The number of hydrogen-bond donors (Lipinski definition) is 0. The van der Waals surface area contributed by atoms with E-state index in [1.807, 2.05) is 0 Å². The van der Waals surface area contributed by atoms with Gasteiger partial charge in [0.15, 0.2) is 0 Å². The highest BCUT2D eigenvalue weighted by molar-refractivity contribution is 9.11. The average Bonchev–Trinajstić information content (AvgIpc) is 2.57. The van der Waals surface area contributed by atoms with Crippen molar-refractivity contribution in [2.75, 3.05) is 0 Å². The zero-order valence-electron chi connectivity index (χ0n) is 13.5. The Morgan fingerprint density at radius 2 is 1.59 bits per heavy atom. The molecule has 2 aromatic rings. The van der Waals surface area contributed by atoms with Crippen molar-refractivity contribution in [2.45, 2.75) is 28.7 Å². The predicted molar refractivity (Wildman–Crippen MR) is 97.0 cm³/mol. The van der Waals surface area contributed by atoms with Crippen LogP contribution in [0.25, 0.3) is 0 Å². The van der Waals surface area contributed by atoms with Crippen molar-refractivity contribution in [3.63, 3.8) is 0 Å². The van der Waals surface area contributed by atoms with Crippen LogP contribution in [0.5, 0.6) is 0 Å². The van der Waals surface area contributed by atoms with Crippen LogP contribution in [0.15, 0.2) is 44.3 Å². The first-order chi connectivity index (χ1) is 13.0. The molecule has 0 aliphatic rings. The fourth-order valence-corrected chi connectivity index (χ4v) is 5.46. The number of nitrogens with zero attached hydrogens (tertiary/aromatic N) is 1. The van der Waals surface area contributed by atoms with Gasteiger partial charge in [0.05, 0.1) is 4.90 Å². The molecule has 0 aliphatic heterocycles.